The van der Waals surface area contributed by atoms with E-state index in [0.29, 0.717) is 23.4 Å². The Hall–Kier alpha value is -1.47. The maximum Gasteiger partial charge on any atom is 0.277 e. The predicted octanol–water partition coefficient (Wildman–Crippen LogP) is 3.04. The monoisotopic (exact) mass is 337 g/mol. The lowest BCUT2D eigenvalue weighted by molar-refractivity contribution is -0.120. The Morgan fingerprint density at radius 3 is 2.73 bits per heavy atom. The minimum absolute atomic E-state index is 0.0461. The van der Waals surface area contributed by atoms with E-state index in [0.717, 1.165) is 5.56 Å². The fourth-order valence-corrected chi connectivity index (χ4v) is 2.80. The average Bonchev–Trinajstić information content (AvgIpc) is 2.94. The number of nitrogens with zero attached hydrogens (tertiary/aromatic N) is 2. The normalized spacial score (nSPS) is 12.1. The molecule has 1 atom stereocenters. The second kappa shape index (κ2) is 8.24. The van der Waals surface area contributed by atoms with Crippen molar-refractivity contribution in [1.29, 1.82) is 0 Å². The molecule has 0 bridgehead atoms. The summed E-state index contributed by atoms with van der Waals surface area (Å²) in [5.74, 6) is 1.22. The molecule has 1 aromatic carbocycles. The number of benzene rings is 1. The molecule has 1 N–H and O–H groups in total. The van der Waals surface area contributed by atoms with Crippen LogP contribution >= 0.6 is 23.5 Å². The zero-order valence-electron chi connectivity index (χ0n) is 12.8. The Morgan fingerprint density at radius 1 is 1.32 bits per heavy atom. The van der Waals surface area contributed by atoms with Crippen LogP contribution in [0.1, 0.15) is 23.9 Å². The summed E-state index contributed by atoms with van der Waals surface area (Å²) in [4.78, 5) is 12.1. The maximum atomic E-state index is 12.1. The summed E-state index contributed by atoms with van der Waals surface area (Å²) in [6, 6.07) is 8.09. The number of aryl methyl sites for hydroxylation is 1. The van der Waals surface area contributed by atoms with Gasteiger partial charge in [-0.3, -0.25) is 4.79 Å². The van der Waals surface area contributed by atoms with Gasteiger partial charge in [-0.25, -0.2) is 0 Å². The van der Waals surface area contributed by atoms with Crippen LogP contribution in [-0.2, 0) is 17.1 Å². The van der Waals surface area contributed by atoms with E-state index < -0.39 is 0 Å². The average molecular weight is 337 g/mol. The quantitative estimate of drug-likeness (QED) is 0.783. The van der Waals surface area contributed by atoms with E-state index in [9.17, 15) is 4.79 Å². The molecule has 7 heteroatoms. The van der Waals surface area contributed by atoms with Gasteiger partial charge in [0.05, 0.1) is 11.0 Å². The second-order valence-corrected chi connectivity index (χ2v) is 7.02. The molecular formula is C15H19N3O2S2. The van der Waals surface area contributed by atoms with Crippen LogP contribution in [0.3, 0.4) is 0 Å². The molecule has 5 nitrogen and oxygen atoms in total. The van der Waals surface area contributed by atoms with Crippen molar-refractivity contribution < 1.29 is 9.21 Å². The van der Waals surface area contributed by atoms with E-state index in [1.54, 1.807) is 11.8 Å². The number of hydrogen-bond donors (Lipinski definition) is 1. The third kappa shape index (κ3) is 5.06. The smallest absolute Gasteiger partial charge is 0.277 e. The van der Waals surface area contributed by atoms with Gasteiger partial charge in [0, 0.05) is 6.54 Å². The first-order valence-electron chi connectivity index (χ1n) is 6.89. The minimum Gasteiger partial charge on any atom is -0.415 e. The predicted molar refractivity (Wildman–Crippen MR) is 89.9 cm³/mol. The Morgan fingerprint density at radius 2 is 2.05 bits per heavy atom. The number of nitrogens with one attached hydrogen (secondary N) is 1. The van der Waals surface area contributed by atoms with Crippen LogP contribution in [0.5, 0.6) is 0 Å². The van der Waals surface area contributed by atoms with Crippen LogP contribution in [0.4, 0.5) is 0 Å². The molecule has 1 aromatic heterocycles. The third-order valence-electron chi connectivity index (χ3n) is 2.95. The van der Waals surface area contributed by atoms with E-state index >= 15 is 0 Å². The second-order valence-electron chi connectivity index (χ2n) is 4.86. The van der Waals surface area contributed by atoms with Gasteiger partial charge < -0.3 is 9.73 Å². The number of aromatic nitrogens is 2. The highest BCUT2D eigenvalue weighted by molar-refractivity contribution is 8.00. The largest absolute Gasteiger partial charge is 0.415 e. The van der Waals surface area contributed by atoms with E-state index in [1.165, 1.54) is 17.3 Å². The molecule has 0 spiro atoms. The summed E-state index contributed by atoms with van der Waals surface area (Å²) < 4.78 is 5.46. The van der Waals surface area contributed by atoms with Crippen LogP contribution in [0, 0.1) is 6.92 Å². The van der Waals surface area contributed by atoms with Crippen molar-refractivity contribution in [3.8, 4) is 0 Å². The van der Waals surface area contributed by atoms with Crippen molar-refractivity contribution in [3.63, 3.8) is 0 Å². The summed E-state index contributed by atoms with van der Waals surface area (Å²) in [5, 5.41) is 10.9. The molecule has 22 heavy (non-hydrogen) atoms. The molecule has 0 aliphatic carbocycles. The van der Waals surface area contributed by atoms with Gasteiger partial charge in [-0.15, -0.1) is 10.2 Å². The zero-order chi connectivity index (χ0) is 15.9. The molecule has 1 unspecified atom stereocenters. The molecular weight excluding hydrogens is 318 g/mol. The van der Waals surface area contributed by atoms with Gasteiger partial charge in [0.15, 0.2) is 0 Å². The Kier molecular flexibility index (Phi) is 6.33. The number of amides is 1. The third-order valence-corrected chi connectivity index (χ3v) is 4.42. The summed E-state index contributed by atoms with van der Waals surface area (Å²) in [6.07, 6.45) is 1.97. The SMILES string of the molecule is CSCc1nnc(SC(C)C(=O)NCc2ccc(C)cc2)o1. The first-order chi connectivity index (χ1) is 10.6. The highest BCUT2D eigenvalue weighted by Gasteiger charge is 2.17. The fourth-order valence-electron chi connectivity index (χ4n) is 1.71. The van der Waals surface area contributed by atoms with Gasteiger partial charge in [0.1, 0.15) is 0 Å². The minimum atomic E-state index is -0.284. The topological polar surface area (TPSA) is 68.0 Å². The van der Waals surface area contributed by atoms with Crippen LogP contribution < -0.4 is 5.32 Å². The van der Waals surface area contributed by atoms with Gasteiger partial charge in [-0.05, 0) is 25.7 Å². The Balaban J connectivity index is 1.82. The molecule has 0 aliphatic rings. The Labute approximate surface area is 138 Å². The van der Waals surface area contributed by atoms with Crippen LogP contribution in [0.25, 0.3) is 0 Å². The number of carbonyl (C=O) groups excluding carboxylic acids is 1. The van der Waals surface area contributed by atoms with Gasteiger partial charge in [0.25, 0.3) is 5.22 Å². The number of thioether (sulfide) groups is 2. The lowest BCUT2D eigenvalue weighted by Crippen LogP contribution is -2.30. The highest BCUT2D eigenvalue weighted by Crippen LogP contribution is 2.22. The summed E-state index contributed by atoms with van der Waals surface area (Å²) in [7, 11) is 0. The van der Waals surface area contributed by atoms with Crippen LogP contribution in [-0.4, -0.2) is 27.6 Å². The van der Waals surface area contributed by atoms with Gasteiger partial charge >= 0.3 is 0 Å². The molecule has 2 rings (SSSR count). The zero-order valence-corrected chi connectivity index (χ0v) is 14.5. The van der Waals surface area contributed by atoms with E-state index in [4.69, 9.17) is 4.42 Å². The van der Waals surface area contributed by atoms with Crippen molar-refractivity contribution in [2.75, 3.05) is 6.26 Å². The van der Waals surface area contributed by atoms with Crippen LogP contribution in [0.2, 0.25) is 0 Å². The summed E-state index contributed by atoms with van der Waals surface area (Å²) in [5.41, 5.74) is 2.28. The first-order valence-corrected chi connectivity index (χ1v) is 9.17. The molecule has 0 saturated carbocycles. The Bertz CT molecular complexity index is 614. The molecule has 0 saturated heterocycles. The molecule has 0 aliphatic heterocycles. The molecule has 2 aromatic rings. The molecule has 118 valence electrons. The van der Waals surface area contributed by atoms with Crippen molar-refractivity contribution in [3.05, 3.63) is 41.3 Å². The maximum absolute atomic E-state index is 12.1. The van der Waals surface area contributed by atoms with Crippen molar-refractivity contribution in [1.82, 2.24) is 15.5 Å². The van der Waals surface area contributed by atoms with E-state index in [-0.39, 0.29) is 11.2 Å². The van der Waals surface area contributed by atoms with Crippen molar-refractivity contribution in [2.24, 2.45) is 0 Å². The van der Waals surface area contributed by atoms with Gasteiger partial charge in [0.2, 0.25) is 11.8 Å². The first kappa shape index (κ1) is 16.9. The van der Waals surface area contributed by atoms with Crippen molar-refractivity contribution in [2.45, 2.75) is 36.6 Å². The highest BCUT2D eigenvalue weighted by atomic mass is 32.2. The number of carbonyl (C=O) groups is 1. The number of hydrogen-bond acceptors (Lipinski definition) is 6. The standard InChI is InChI=1S/C15H19N3O2S2/c1-10-4-6-12(7-5-10)8-16-14(19)11(2)22-15-18-17-13(20-15)9-21-3/h4-7,11H,8-9H2,1-3H3,(H,16,19). The molecule has 0 fully saturated rings. The van der Waals surface area contributed by atoms with Gasteiger partial charge in [-0.2, -0.15) is 11.8 Å². The van der Waals surface area contributed by atoms with Crippen molar-refractivity contribution >= 4 is 29.4 Å². The fraction of sp³-hybridized carbons (Fsp3) is 0.400. The lowest BCUT2D eigenvalue weighted by atomic mass is 10.1. The van der Waals surface area contributed by atoms with Gasteiger partial charge in [-0.1, -0.05) is 41.6 Å². The van der Waals surface area contributed by atoms with E-state index in [2.05, 4.69) is 15.5 Å². The summed E-state index contributed by atoms with van der Waals surface area (Å²) in [6.45, 7) is 4.38. The van der Waals surface area contributed by atoms with Crippen LogP contribution in [0.15, 0.2) is 33.9 Å². The number of rotatable bonds is 7. The summed E-state index contributed by atoms with van der Waals surface area (Å²) >= 11 is 2.89. The molecule has 0 radical (unpaired) electrons. The van der Waals surface area contributed by atoms with E-state index in [1.807, 2.05) is 44.4 Å². The molecule has 1 amide bonds. The lowest BCUT2D eigenvalue weighted by Gasteiger charge is -2.10. The molecule has 1 heterocycles.